The largest absolute Gasteiger partial charge is 0.0622 e. The summed E-state index contributed by atoms with van der Waals surface area (Å²) in [7, 11) is 0. The minimum atomic E-state index is 1.05. The van der Waals surface area contributed by atoms with Crippen LogP contribution in [0.3, 0.4) is 0 Å². The summed E-state index contributed by atoms with van der Waals surface area (Å²) < 4.78 is 1.05. The lowest BCUT2D eigenvalue weighted by Crippen LogP contribution is -2.02. The summed E-state index contributed by atoms with van der Waals surface area (Å²) in [6.07, 6.45) is 0. The molecule has 0 aliphatic rings. The zero-order valence-corrected chi connectivity index (χ0v) is 25.2. The molecule has 0 atom stereocenters. The Hall–Kier alpha value is -4.98. The first-order valence-electron chi connectivity index (χ1n) is 14.6. The lowest BCUT2D eigenvalue weighted by molar-refractivity contribution is 1.51. The van der Waals surface area contributed by atoms with E-state index in [0.717, 1.165) is 4.47 Å². The maximum Gasteiger partial charge on any atom is 0.0181 e. The fourth-order valence-corrected chi connectivity index (χ4v) is 6.55. The Morgan fingerprint density at radius 3 is 0.721 bits per heavy atom. The van der Waals surface area contributed by atoms with Gasteiger partial charge in [0.1, 0.15) is 0 Å². The first-order chi connectivity index (χ1) is 21.3. The van der Waals surface area contributed by atoms with Crippen LogP contribution >= 0.6 is 15.9 Å². The van der Waals surface area contributed by atoms with Gasteiger partial charge < -0.3 is 0 Å². The van der Waals surface area contributed by atoms with Gasteiger partial charge in [-0.25, -0.2) is 0 Å². The van der Waals surface area contributed by atoms with Gasteiger partial charge in [-0.3, -0.25) is 0 Å². The van der Waals surface area contributed by atoms with Crippen LogP contribution in [-0.4, -0.2) is 0 Å². The fourth-order valence-electron chi connectivity index (χ4n) is 6.15. The summed E-state index contributed by atoms with van der Waals surface area (Å²) in [5.41, 5.74) is 14.5. The van der Waals surface area contributed by atoms with Gasteiger partial charge in [0.2, 0.25) is 0 Å². The summed E-state index contributed by atoms with van der Waals surface area (Å²) in [6.45, 7) is 0. The van der Waals surface area contributed by atoms with E-state index in [1.165, 1.54) is 66.8 Å². The Balaban J connectivity index is 1.82. The molecule has 204 valence electrons. The number of benzene rings is 7. The van der Waals surface area contributed by atoms with Gasteiger partial charge in [-0.05, 0) is 78.9 Å². The minimum absolute atomic E-state index is 1.05. The molecule has 0 heterocycles. The zero-order valence-electron chi connectivity index (χ0n) is 23.6. The second kappa shape index (κ2) is 12.1. The first kappa shape index (κ1) is 26.9. The van der Waals surface area contributed by atoms with Gasteiger partial charge in [-0.2, -0.15) is 0 Å². The van der Waals surface area contributed by atoms with E-state index < -0.39 is 0 Å². The Labute approximate surface area is 262 Å². The van der Waals surface area contributed by atoms with E-state index in [-0.39, 0.29) is 0 Å². The average molecular weight is 614 g/mol. The second-order valence-corrected chi connectivity index (χ2v) is 11.5. The molecule has 43 heavy (non-hydrogen) atoms. The van der Waals surface area contributed by atoms with Crippen LogP contribution in [0.2, 0.25) is 0 Å². The van der Waals surface area contributed by atoms with E-state index in [1.807, 2.05) is 0 Å². The Morgan fingerprint density at radius 1 is 0.233 bits per heavy atom. The molecule has 0 saturated carbocycles. The SMILES string of the molecule is Brc1cccc(-c2c(-c3ccccc3)c(-c3ccccc3)c(-c3ccccc3)c(-c3ccccc3)c2-c2ccccc2)c1. The fraction of sp³-hybridized carbons (Fsp3) is 0. The van der Waals surface area contributed by atoms with Crippen LogP contribution in [0.1, 0.15) is 0 Å². The van der Waals surface area contributed by atoms with Gasteiger partial charge in [-0.15, -0.1) is 0 Å². The molecule has 0 amide bonds. The highest BCUT2D eigenvalue weighted by Crippen LogP contribution is 2.55. The van der Waals surface area contributed by atoms with Crippen LogP contribution in [0.15, 0.2) is 180 Å². The molecule has 0 bridgehead atoms. The quantitative estimate of drug-likeness (QED) is 0.175. The monoisotopic (exact) mass is 612 g/mol. The molecule has 7 aromatic carbocycles. The Bertz CT molecular complexity index is 1880. The van der Waals surface area contributed by atoms with Crippen molar-refractivity contribution in [2.45, 2.75) is 0 Å². The summed E-state index contributed by atoms with van der Waals surface area (Å²) >= 11 is 3.80. The van der Waals surface area contributed by atoms with Crippen molar-refractivity contribution in [2.24, 2.45) is 0 Å². The number of hydrogen-bond acceptors (Lipinski definition) is 0. The Kier molecular flexibility index (Phi) is 7.56. The average Bonchev–Trinajstić information content (AvgIpc) is 3.09. The van der Waals surface area contributed by atoms with E-state index in [4.69, 9.17) is 0 Å². The van der Waals surface area contributed by atoms with E-state index in [0.29, 0.717) is 0 Å². The topological polar surface area (TPSA) is 0 Å². The van der Waals surface area contributed by atoms with Gasteiger partial charge in [0, 0.05) is 4.47 Å². The molecule has 1 heteroatoms. The third-order valence-electron chi connectivity index (χ3n) is 7.93. The molecule has 0 saturated heterocycles. The molecule has 0 aliphatic heterocycles. The van der Waals surface area contributed by atoms with E-state index >= 15 is 0 Å². The molecular weight excluding hydrogens is 584 g/mol. The molecule has 0 N–H and O–H groups in total. The van der Waals surface area contributed by atoms with Gasteiger partial charge in [0.05, 0.1) is 0 Å². The minimum Gasteiger partial charge on any atom is -0.0622 e. The van der Waals surface area contributed by atoms with Crippen LogP contribution in [0.25, 0.3) is 66.8 Å². The van der Waals surface area contributed by atoms with E-state index in [1.54, 1.807) is 0 Å². The highest BCUT2D eigenvalue weighted by atomic mass is 79.9. The van der Waals surface area contributed by atoms with Crippen LogP contribution < -0.4 is 0 Å². The first-order valence-corrected chi connectivity index (χ1v) is 15.4. The van der Waals surface area contributed by atoms with Gasteiger partial charge in [0.25, 0.3) is 0 Å². The van der Waals surface area contributed by atoms with Crippen molar-refractivity contribution in [1.82, 2.24) is 0 Å². The Morgan fingerprint density at radius 2 is 0.465 bits per heavy atom. The molecule has 7 aromatic rings. The summed E-state index contributed by atoms with van der Waals surface area (Å²) in [4.78, 5) is 0. The summed E-state index contributed by atoms with van der Waals surface area (Å²) in [5, 5.41) is 0. The molecule has 0 unspecified atom stereocenters. The van der Waals surface area contributed by atoms with Crippen molar-refractivity contribution in [2.75, 3.05) is 0 Å². The summed E-state index contributed by atoms with van der Waals surface area (Å²) in [6, 6.07) is 63.1. The van der Waals surface area contributed by atoms with Gasteiger partial charge >= 0.3 is 0 Å². The molecule has 0 aliphatic carbocycles. The molecule has 7 rings (SSSR count). The highest BCUT2D eigenvalue weighted by Gasteiger charge is 2.28. The highest BCUT2D eigenvalue weighted by molar-refractivity contribution is 9.10. The van der Waals surface area contributed by atoms with Crippen LogP contribution in [0, 0.1) is 0 Å². The summed E-state index contributed by atoms with van der Waals surface area (Å²) in [5.74, 6) is 0. The number of halogens is 1. The lowest BCUT2D eigenvalue weighted by atomic mass is 9.74. The van der Waals surface area contributed by atoms with Crippen LogP contribution in [0.5, 0.6) is 0 Å². The predicted molar refractivity (Wildman–Crippen MR) is 187 cm³/mol. The van der Waals surface area contributed by atoms with Gasteiger partial charge in [0.15, 0.2) is 0 Å². The van der Waals surface area contributed by atoms with Crippen molar-refractivity contribution in [3.05, 3.63) is 180 Å². The lowest BCUT2D eigenvalue weighted by Gasteiger charge is -2.28. The van der Waals surface area contributed by atoms with Crippen LogP contribution in [0.4, 0.5) is 0 Å². The molecule has 0 fully saturated rings. The predicted octanol–water partition coefficient (Wildman–Crippen LogP) is 12.5. The number of hydrogen-bond donors (Lipinski definition) is 0. The smallest absolute Gasteiger partial charge is 0.0181 e. The molecular formula is C42H29Br. The van der Waals surface area contributed by atoms with Crippen molar-refractivity contribution < 1.29 is 0 Å². The molecule has 0 nitrogen and oxygen atoms in total. The maximum absolute atomic E-state index is 3.80. The molecule has 0 spiro atoms. The van der Waals surface area contributed by atoms with Gasteiger partial charge in [-0.1, -0.05) is 180 Å². The van der Waals surface area contributed by atoms with Crippen molar-refractivity contribution in [3.63, 3.8) is 0 Å². The van der Waals surface area contributed by atoms with E-state index in [2.05, 4.69) is 192 Å². The number of rotatable bonds is 6. The second-order valence-electron chi connectivity index (χ2n) is 10.6. The third-order valence-corrected chi connectivity index (χ3v) is 8.42. The third kappa shape index (κ3) is 5.25. The molecule has 0 radical (unpaired) electrons. The van der Waals surface area contributed by atoms with Crippen molar-refractivity contribution in [3.8, 4) is 66.8 Å². The van der Waals surface area contributed by atoms with E-state index in [9.17, 15) is 0 Å². The van der Waals surface area contributed by atoms with Crippen LogP contribution in [-0.2, 0) is 0 Å². The van der Waals surface area contributed by atoms with Crippen molar-refractivity contribution in [1.29, 1.82) is 0 Å². The molecule has 0 aromatic heterocycles. The normalized spacial score (nSPS) is 10.9. The zero-order chi connectivity index (χ0) is 29.0. The maximum atomic E-state index is 3.80. The standard InChI is InChI=1S/C42H29Br/c43-36-28-16-27-35(29-36)42-40(33-23-12-4-13-24-33)38(31-19-8-2-9-20-31)37(30-17-6-1-7-18-30)39(32-21-10-3-11-22-32)41(42)34-25-14-5-15-26-34/h1-29H. The van der Waals surface area contributed by atoms with Crippen molar-refractivity contribution >= 4 is 15.9 Å².